The van der Waals surface area contributed by atoms with Gasteiger partial charge in [0.25, 0.3) is 0 Å². The molecule has 0 aromatic rings. The number of carbonyl (C=O) groups is 1. The van der Waals surface area contributed by atoms with Crippen molar-refractivity contribution in [1.82, 2.24) is 4.90 Å². The van der Waals surface area contributed by atoms with Crippen molar-refractivity contribution in [2.75, 3.05) is 20.2 Å². The quantitative estimate of drug-likeness (QED) is 0.773. The Morgan fingerprint density at radius 2 is 2.11 bits per heavy atom. The number of rotatable bonds is 5. The Kier molecular flexibility index (Phi) is 3.94. The summed E-state index contributed by atoms with van der Waals surface area (Å²) >= 11 is 0. The predicted molar refractivity (Wildman–Crippen MR) is 75.7 cm³/mol. The van der Waals surface area contributed by atoms with Crippen molar-refractivity contribution in [3.63, 3.8) is 0 Å². The van der Waals surface area contributed by atoms with Gasteiger partial charge in [-0.25, -0.2) is 0 Å². The summed E-state index contributed by atoms with van der Waals surface area (Å²) in [6.45, 7) is 7.85. The lowest BCUT2D eigenvalue weighted by Gasteiger charge is -2.61. The van der Waals surface area contributed by atoms with Crippen LogP contribution in [-0.4, -0.2) is 42.6 Å². The SMILES string of the molecule is CCCCCN(C)C(=O)C1(N)C2CCOC2C1(C)C. The molecule has 4 nitrogen and oxygen atoms in total. The van der Waals surface area contributed by atoms with E-state index in [2.05, 4.69) is 20.8 Å². The molecule has 0 aromatic carbocycles. The molecular weight excluding hydrogens is 240 g/mol. The van der Waals surface area contributed by atoms with Crippen LogP contribution in [0.3, 0.4) is 0 Å². The van der Waals surface area contributed by atoms with Gasteiger partial charge in [-0.3, -0.25) is 4.79 Å². The van der Waals surface area contributed by atoms with E-state index in [9.17, 15) is 4.79 Å². The second kappa shape index (κ2) is 5.06. The van der Waals surface area contributed by atoms with E-state index in [1.165, 1.54) is 6.42 Å². The van der Waals surface area contributed by atoms with E-state index in [1.807, 2.05) is 11.9 Å². The molecule has 1 saturated carbocycles. The summed E-state index contributed by atoms with van der Waals surface area (Å²) in [5, 5.41) is 0. The normalized spacial score (nSPS) is 35.6. The molecule has 110 valence electrons. The van der Waals surface area contributed by atoms with Crippen LogP contribution in [0.15, 0.2) is 0 Å². The van der Waals surface area contributed by atoms with E-state index in [0.29, 0.717) is 0 Å². The fourth-order valence-electron chi connectivity index (χ4n) is 3.83. The standard InChI is InChI=1S/C15H28N2O2/c1-5-6-7-9-17(4)13(18)15(16)11-8-10-19-12(11)14(15,2)3/h11-12H,5-10,16H2,1-4H3. The number of carbonyl (C=O) groups excluding carboxylic acids is 1. The van der Waals surface area contributed by atoms with E-state index in [-0.39, 0.29) is 23.3 Å². The molecule has 1 aliphatic heterocycles. The van der Waals surface area contributed by atoms with Gasteiger partial charge < -0.3 is 15.4 Å². The van der Waals surface area contributed by atoms with Crippen molar-refractivity contribution in [1.29, 1.82) is 0 Å². The van der Waals surface area contributed by atoms with Crippen LogP contribution in [-0.2, 0) is 9.53 Å². The van der Waals surface area contributed by atoms with Crippen molar-refractivity contribution >= 4 is 5.91 Å². The molecule has 0 radical (unpaired) electrons. The highest BCUT2D eigenvalue weighted by molar-refractivity contribution is 5.89. The fourth-order valence-corrected chi connectivity index (χ4v) is 3.83. The number of ether oxygens (including phenoxy) is 1. The average molecular weight is 268 g/mol. The summed E-state index contributed by atoms with van der Waals surface area (Å²) in [5.41, 5.74) is 5.54. The van der Waals surface area contributed by atoms with Crippen molar-refractivity contribution in [2.45, 2.75) is 58.1 Å². The number of likely N-dealkylation sites (N-methyl/N-ethyl adjacent to an activating group) is 1. The first kappa shape index (κ1) is 14.8. The zero-order chi connectivity index (χ0) is 14.3. The van der Waals surface area contributed by atoms with Gasteiger partial charge in [-0.05, 0) is 12.8 Å². The molecule has 4 heteroatoms. The minimum absolute atomic E-state index is 0.0975. The number of nitrogens with two attached hydrogens (primary N) is 1. The number of hydrogen-bond acceptors (Lipinski definition) is 3. The number of hydrogen-bond donors (Lipinski definition) is 1. The molecule has 1 aliphatic carbocycles. The van der Waals surface area contributed by atoms with Crippen LogP contribution < -0.4 is 5.73 Å². The van der Waals surface area contributed by atoms with Crippen molar-refractivity contribution < 1.29 is 9.53 Å². The lowest BCUT2D eigenvalue weighted by Crippen LogP contribution is -2.80. The zero-order valence-electron chi connectivity index (χ0n) is 12.7. The summed E-state index contributed by atoms with van der Waals surface area (Å²) in [5.74, 6) is 0.295. The molecule has 2 N–H and O–H groups in total. The third kappa shape index (κ3) is 2.00. The van der Waals surface area contributed by atoms with Gasteiger partial charge in [0.1, 0.15) is 5.54 Å². The molecule has 1 amide bonds. The molecular formula is C15H28N2O2. The fraction of sp³-hybridized carbons (Fsp3) is 0.933. The summed E-state index contributed by atoms with van der Waals surface area (Å²) < 4.78 is 5.74. The van der Waals surface area contributed by atoms with Crippen LogP contribution in [0.25, 0.3) is 0 Å². The van der Waals surface area contributed by atoms with Gasteiger partial charge in [-0.1, -0.05) is 33.6 Å². The van der Waals surface area contributed by atoms with E-state index in [0.717, 1.165) is 32.4 Å². The van der Waals surface area contributed by atoms with Crippen LogP contribution in [0, 0.1) is 11.3 Å². The molecule has 19 heavy (non-hydrogen) atoms. The van der Waals surface area contributed by atoms with E-state index < -0.39 is 5.54 Å². The first-order valence-corrected chi connectivity index (χ1v) is 7.53. The van der Waals surface area contributed by atoms with Crippen molar-refractivity contribution in [3.05, 3.63) is 0 Å². The van der Waals surface area contributed by atoms with Gasteiger partial charge in [0, 0.05) is 31.5 Å². The van der Waals surface area contributed by atoms with Crippen molar-refractivity contribution in [2.24, 2.45) is 17.1 Å². The second-order valence-corrected chi connectivity index (χ2v) is 6.71. The van der Waals surface area contributed by atoms with Crippen LogP contribution in [0.5, 0.6) is 0 Å². The zero-order valence-corrected chi connectivity index (χ0v) is 12.7. The van der Waals surface area contributed by atoms with Crippen LogP contribution in [0.4, 0.5) is 0 Å². The molecule has 1 saturated heterocycles. The Hall–Kier alpha value is -0.610. The lowest BCUT2D eigenvalue weighted by atomic mass is 9.47. The van der Waals surface area contributed by atoms with Gasteiger partial charge >= 0.3 is 0 Å². The maximum absolute atomic E-state index is 12.7. The lowest BCUT2D eigenvalue weighted by molar-refractivity contribution is -0.183. The van der Waals surface area contributed by atoms with Crippen LogP contribution >= 0.6 is 0 Å². The smallest absolute Gasteiger partial charge is 0.243 e. The molecule has 0 aromatic heterocycles. The average Bonchev–Trinajstić information content (AvgIpc) is 2.85. The number of fused-ring (bicyclic) bond motifs is 1. The predicted octanol–water partition coefficient (Wildman–Crippen LogP) is 1.78. The van der Waals surface area contributed by atoms with Gasteiger partial charge in [0.05, 0.1) is 6.10 Å². The van der Waals surface area contributed by atoms with Gasteiger partial charge in [0.2, 0.25) is 5.91 Å². The molecule has 3 atom stereocenters. The molecule has 0 bridgehead atoms. The first-order valence-electron chi connectivity index (χ1n) is 7.53. The molecule has 0 spiro atoms. The highest BCUT2D eigenvalue weighted by Gasteiger charge is 2.71. The van der Waals surface area contributed by atoms with E-state index in [1.54, 1.807) is 0 Å². The van der Waals surface area contributed by atoms with Gasteiger partial charge in [0.15, 0.2) is 0 Å². The maximum atomic E-state index is 12.7. The minimum Gasteiger partial charge on any atom is -0.377 e. The molecule has 1 heterocycles. The highest BCUT2D eigenvalue weighted by atomic mass is 16.5. The molecule has 2 aliphatic rings. The van der Waals surface area contributed by atoms with Crippen LogP contribution in [0.1, 0.15) is 46.5 Å². The third-order valence-corrected chi connectivity index (χ3v) is 5.25. The van der Waals surface area contributed by atoms with E-state index in [4.69, 9.17) is 10.5 Å². The number of nitrogens with zero attached hydrogens (tertiary/aromatic N) is 1. The van der Waals surface area contributed by atoms with Gasteiger partial charge in [-0.15, -0.1) is 0 Å². The Balaban J connectivity index is 2.05. The van der Waals surface area contributed by atoms with Crippen LogP contribution in [0.2, 0.25) is 0 Å². The van der Waals surface area contributed by atoms with E-state index >= 15 is 0 Å². The Morgan fingerprint density at radius 3 is 2.74 bits per heavy atom. The molecule has 2 fully saturated rings. The first-order chi connectivity index (χ1) is 8.87. The third-order valence-electron chi connectivity index (χ3n) is 5.25. The Labute approximate surface area is 116 Å². The highest BCUT2D eigenvalue weighted by Crippen LogP contribution is 2.58. The summed E-state index contributed by atoms with van der Waals surface area (Å²) in [7, 11) is 1.88. The topological polar surface area (TPSA) is 55.6 Å². The summed E-state index contributed by atoms with van der Waals surface area (Å²) in [6, 6.07) is 0. The number of unbranched alkanes of at least 4 members (excludes halogenated alkanes) is 2. The Morgan fingerprint density at radius 1 is 1.42 bits per heavy atom. The molecule has 2 rings (SSSR count). The monoisotopic (exact) mass is 268 g/mol. The number of amides is 1. The second-order valence-electron chi connectivity index (χ2n) is 6.71. The minimum atomic E-state index is -0.741. The van der Waals surface area contributed by atoms with Crippen molar-refractivity contribution in [3.8, 4) is 0 Å². The maximum Gasteiger partial charge on any atom is 0.243 e. The largest absolute Gasteiger partial charge is 0.377 e. The molecule has 3 unspecified atom stereocenters. The Bertz CT molecular complexity index is 356. The summed E-state index contributed by atoms with van der Waals surface area (Å²) in [6.07, 6.45) is 4.46. The summed E-state index contributed by atoms with van der Waals surface area (Å²) in [4.78, 5) is 14.6. The van der Waals surface area contributed by atoms with Gasteiger partial charge in [-0.2, -0.15) is 0 Å².